The van der Waals surface area contributed by atoms with Crippen LogP contribution in [0, 0.1) is 6.92 Å². The molecule has 16 heavy (non-hydrogen) atoms. The van der Waals surface area contributed by atoms with Crippen LogP contribution in [-0.2, 0) is 7.05 Å². The molecule has 2 rings (SSSR count). The lowest BCUT2D eigenvalue weighted by atomic mass is 10.2. The minimum absolute atomic E-state index is 0.198. The summed E-state index contributed by atoms with van der Waals surface area (Å²) < 4.78 is 1.91. The highest BCUT2D eigenvalue weighted by Gasteiger charge is 2.18. The SMILES string of the molecule is CCNC(c1cnc(C)s1)c1ccnn1C. The minimum Gasteiger partial charge on any atom is -0.305 e. The van der Waals surface area contributed by atoms with Crippen LogP contribution in [0.1, 0.15) is 28.5 Å². The van der Waals surface area contributed by atoms with Gasteiger partial charge in [-0.25, -0.2) is 4.98 Å². The largest absolute Gasteiger partial charge is 0.305 e. The number of thiazole rings is 1. The van der Waals surface area contributed by atoms with Crippen molar-refractivity contribution < 1.29 is 0 Å². The lowest BCUT2D eigenvalue weighted by Gasteiger charge is -2.16. The predicted molar refractivity (Wildman–Crippen MR) is 65.6 cm³/mol. The van der Waals surface area contributed by atoms with Crippen molar-refractivity contribution in [3.63, 3.8) is 0 Å². The second kappa shape index (κ2) is 4.76. The van der Waals surface area contributed by atoms with Crippen LogP contribution in [0.2, 0.25) is 0 Å². The zero-order valence-electron chi connectivity index (χ0n) is 9.77. The normalized spacial score (nSPS) is 12.9. The van der Waals surface area contributed by atoms with Gasteiger partial charge < -0.3 is 5.32 Å². The van der Waals surface area contributed by atoms with Crippen molar-refractivity contribution in [2.45, 2.75) is 19.9 Å². The Hall–Kier alpha value is -1.20. The Morgan fingerprint density at radius 1 is 1.56 bits per heavy atom. The van der Waals surface area contributed by atoms with E-state index < -0.39 is 0 Å². The summed E-state index contributed by atoms with van der Waals surface area (Å²) in [6.07, 6.45) is 3.77. The highest BCUT2D eigenvalue weighted by Crippen LogP contribution is 2.26. The molecule has 1 N–H and O–H groups in total. The van der Waals surface area contributed by atoms with E-state index in [0.29, 0.717) is 0 Å². The molecule has 0 saturated carbocycles. The second-order valence-electron chi connectivity index (χ2n) is 3.65. The van der Waals surface area contributed by atoms with Crippen LogP contribution in [0.3, 0.4) is 0 Å². The van der Waals surface area contributed by atoms with E-state index in [4.69, 9.17) is 0 Å². The van der Waals surface area contributed by atoms with Crippen LogP contribution in [0.25, 0.3) is 0 Å². The Labute approximate surface area is 99.3 Å². The van der Waals surface area contributed by atoms with Gasteiger partial charge in [0.1, 0.15) is 0 Å². The van der Waals surface area contributed by atoms with Crippen LogP contribution in [0.4, 0.5) is 0 Å². The van der Waals surface area contributed by atoms with Crippen LogP contribution in [-0.4, -0.2) is 21.3 Å². The van der Waals surface area contributed by atoms with E-state index in [1.165, 1.54) is 10.6 Å². The predicted octanol–water partition coefficient (Wildman–Crippen LogP) is 1.88. The van der Waals surface area contributed by atoms with Crippen molar-refractivity contribution >= 4 is 11.3 Å². The molecule has 0 aromatic carbocycles. The number of aryl methyl sites for hydroxylation is 2. The number of aromatic nitrogens is 3. The Balaban J connectivity index is 2.34. The molecule has 0 amide bonds. The van der Waals surface area contributed by atoms with E-state index in [1.54, 1.807) is 11.3 Å². The summed E-state index contributed by atoms with van der Waals surface area (Å²) in [6.45, 7) is 5.06. The fourth-order valence-electron chi connectivity index (χ4n) is 1.73. The van der Waals surface area contributed by atoms with Gasteiger partial charge in [0.15, 0.2) is 0 Å². The van der Waals surface area contributed by atoms with Crippen LogP contribution >= 0.6 is 11.3 Å². The first-order valence-corrected chi connectivity index (χ1v) is 6.17. The summed E-state index contributed by atoms with van der Waals surface area (Å²) in [6, 6.07) is 2.24. The van der Waals surface area contributed by atoms with Gasteiger partial charge in [-0.2, -0.15) is 5.10 Å². The molecule has 0 fully saturated rings. The molecular formula is C11H16N4S. The van der Waals surface area contributed by atoms with Crippen LogP contribution < -0.4 is 5.32 Å². The van der Waals surface area contributed by atoms with Crippen molar-refractivity contribution in [3.05, 3.63) is 34.0 Å². The summed E-state index contributed by atoms with van der Waals surface area (Å²) in [5.41, 5.74) is 1.17. The zero-order valence-corrected chi connectivity index (χ0v) is 10.6. The lowest BCUT2D eigenvalue weighted by Crippen LogP contribution is -2.23. The van der Waals surface area contributed by atoms with Crippen LogP contribution in [0.15, 0.2) is 18.5 Å². The van der Waals surface area contributed by atoms with Gasteiger partial charge in [0.2, 0.25) is 0 Å². The fraction of sp³-hybridized carbons (Fsp3) is 0.455. The lowest BCUT2D eigenvalue weighted by molar-refractivity contribution is 0.578. The number of nitrogens with zero attached hydrogens (tertiary/aromatic N) is 3. The first kappa shape index (κ1) is 11.3. The Morgan fingerprint density at radius 3 is 2.88 bits per heavy atom. The molecule has 0 bridgehead atoms. The minimum atomic E-state index is 0.198. The van der Waals surface area contributed by atoms with Crippen molar-refractivity contribution in [1.29, 1.82) is 0 Å². The van der Waals surface area contributed by atoms with E-state index in [9.17, 15) is 0 Å². The molecule has 0 aliphatic rings. The highest BCUT2D eigenvalue weighted by molar-refractivity contribution is 7.11. The third-order valence-corrected chi connectivity index (χ3v) is 3.46. The molecule has 4 nitrogen and oxygen atoms in total. The van der Waals surface area contributed by atoms with Crippen molar-refractivity contribution in [3.8, 4) is 0 Å². The van der Waals surface area contributed by atoms with Crippen molar-refractivity contribution in [2.24, 2.45) is 7.05 Å². The highest BCUT2D eigenvalue weighted by atomic mass is 32.1. The van der Waals surface area contributed by atoms with Gasteiger partial charge in [0.25, 0.3) is 0 Å². The molecule has 1 unspecified atom stereocenters. The number of hydrogen-bond donors (Lipinski definition) is 1. The van der Waals surface area contributed by atoms with Gasteiger partial charge in [0.05, 0.1) is 16.7 Å². The average molecular weight is 236 g/mol. The fourth-order valence-corrected chi connectivity index (χ4v) is 2.61. The van der Waals surface area contributed by atoms with E-state index in [0.717, 1.165) is 11.6 Å². The third kappa shape index (κ3) is 2.15. The second-order valence-corrected chi connectivity index (χ2v) is 4.92. The summed E-state index contributed by atoms with van der Waals surface area (Å²) in [5.74, 6) is 0. The standard InChI is InChI=1S/C11H16N4S/c1-4-12-11(9-5-6-14-15(9)3)10-7-13-8(2)16-10/h5-7,11-12H,4H2,1-3H3. The summed E-state index contributed by atoms with van der Waals surface area (Å²) in [4.78, 5) is 5.55. The van der Waals surface area contributed by atoms with Gasteiger partial charge in [-0.15, -0.1) is 11.3 Å². The maximum Gasteiger partial charge on any atom is 0.0897 e. The van der Waals surface area contributed by atoms with Crippen molar-refractivity contribution in [2.75, 3.05) is 6.54 Å². The maximum absolute atomic E-state index is 4.31. The Morgan fingerprint density at radius 2 is 2.38 bits per heavy atom. The van der Waals surface area contributed by atoms with Gasteiger partial charge in [0, 0.05) is 24.3 Å². The molecule has 5 heteroatoms. The maximum atomic E-state index is 4.31. The average Bonchev–Trinajstić information content (AvgIpc) is 2.84. The topological polar surface area (TPSA) is 42.7 Å². The number of nitrogens with one attached hydrogen (secondary N) is 1. The van der Waals surface area contributed by atoms with Gasteiger partial charge in [-0.05, 0) is 19.5 Å². The monoisotopic (exact) mass is 236 g/mol. The van der Waals surface area contributed by atoms with Gasteiger partial charge in [-0.1, -0.05) is 6.92 Å². The van der Waals surface area contributed by atoms with E-state index >= 15 is 0 Å². The zero-order chi connectivity index (χ0) is 11.5. The number of rotatable bonds is 4. The van der Waals surface area contributed by atoms with Crippen LogP contribution in [0.5, 0.6) is 0 Å². The van der Waals surface area contributed by atoms with Gasteiger partial charge >= 0.3 is 0 Å². The van der Waals surface area contributed by atoms with Crippen molar-refractivity contribution in [1.82, 2.24) is 20.1 Å². The van der Waals surface area contributed by atoms with E-state index in [2.05, 4.69) is 22.3 Å². The molecule has 0 saturated heterocycles. The molecule has 2 aromatic rings. The molecule has 0 radical (unpaired) electrons. The van der Waals surface area contributed by atoms with Gasteiger partial charge in [-0.3, -0.25) is 4.68 Å². The first-order chi connectivity index (χ1) is 7.72. The van der Waals surface area contributed by atoms with E-state index in [1.807, 2.05) is 37.1 Å². The van der Waals surface area contributed by atoms with E-state index in [-0.39, 0.29) is 6.04 Å². The molecule has 2 aromatic heterocycles. The molecule has 86 valence electrons. The smallest absolute Gasteiger partial charge is 0.0897 e. The summed E-state index contributed by atoms with van der Waals surface area (Å²) in [7, 11) is 1.97. The quantitative estimate of drug-likeness (QED) is 0.881. The molecule has 2 heterocycles. The summed E-state index contributed by atoms with van der Waals surface area (Å²) in [5, 5.41) is 8.78. The summed E-state index contributed by atoms with van der Waals surface area (Å²) >= 11 is 1.73. The molecular weight excluding hydrogens is 220 g/mol. The third-order valence-electron chi connectivity index (χ3n) is 2.49. The molecule has 0 aliphatic heterocycles. The Bertz CT molecular complexity index is 460. The molecule has 0 spiro atoms. The Kier molecular flexibility index (Phi) is 3.36. The number of hydrogen-bond acceptors (Lipinski definition) is 4. The molecule has 1 atom stereocenters. The molecule has 0 aliphatic carbocycles. The first-order valence-electron chi connectivity index (χ1n) is 5.36.